The zero-order chi connectivity index (χ0) is 21.0. The van der Waals surface area contributed by atoms with Gasteiger partial charge >= 0.3 is 0 Å². The first-order chi connectivity index (χ1) is 13.9. The topological polar surface area (TPSA) is 118 Å². The number of amides is 2. The molecule has 150 valence electrons. The number of aromatic nitrogens is 1. The molecule has 2 atom stereocenters. The van der Waals surface area contributed by atoms with Crippen molar-refractivity contribution in [1.29, 1.82) is 0 Å². The van der Waals surface area contributed by atoms with E-state index in [1.807, 2.05) is 6.07 Å². The fraction of sp³-hybridized carbons (Fsp3) is 0.190. The van der Waals surface area contributed by atoms with E-state index in [9.17, 15) is 19.1 Å². The number of nitrogens with zero attached hydrogens (tertiary/aromatic N) is 1. The number of nitrogens with one attached hydrogen (secondary N) is 1. The van der Waals surface area contributed by atoms with Crippen LogP contribution >= 0.6 is 0 Å². The van der Waals surface area contributed by atoms with Crippen LogP contribution in [0.4, 0.5) is 4.39 Å². The fourth-order valence-electron chi connectivity index (χ4n) is 2.96. The smallest absolute Gasteiger partial charge is 0.289 e. The lowest BCUT2D eigenvalue weighted by atomic mass is 10.0. The normalized spacial score (nSPS) is 12.9. The summed E-state index contributed by atoms with van der Waals surface area (Å²) in [6.45, 7) is 1.53. The van der Waals surface area contributed by atoms with E-state index in [0.29, 0.717) is 0 Å². The number of oxazole rings is 1. The lowest BCUT2D eigenvalue weighted by Gasteiger charge is -2.22. The second-order valence-corrected chi connectivity index (χ2v) is 6.51. The molecular weight excluding hydrogens is 377 g/mol. The molecule has 3 rings (SSSR count). The van der Waals surface area contributed by atoms with Gasteiger partial charge in [-0.25, -0.2) is 9.37 Å². The van der Waals surface area contributed by atoms with Gasteiger partial charge in [-0.1, -0.05) is 42.5 Å². The van der Waals surface area contributed by atoms with Gasteiger partial charge in [0.05, 0.1) is 6.04 Å². The number of hydrogen-bond acceptors (Lipinski definition) is 5. The molecule has 0 saturated heterocycles. The summed E-state index contributed by atoms with van der Waals surface area (Å²) in [5.41, 5.74) is 6.14. The Bertz CT molecular complexity index is 1020. The summed E-state index contributed by atoms with van der Waals surface area (Å²) < 4.78 is 19.6. The van der Waals surface area contributed by atoms with Gasteiger partial charge in [-0.3, -0.25) is 9.59 Å². The number of carbonyl (C=O) groups excluding carboxylic acids is 2. The lowest BCUT2D eigenvalue weighted by molar-refractivity contribution is -0.127. The van der Waals surface area contributed by atoms with Crippen molar-refractivity contribution < 1.29 is 23.5 Å². The minimum atomic E-state index is -1.62. The Hall–Kier alpha value is -3.52. The van der Waals surface area contributed by atoms with E-state index < -0.39 is 29.8 Å². The highest BCUT2D eigenvalue weighted by Gasteiger charge is 2.30. The zero-order valence-corrected chi connectivity index (χ0v) is 15.6. The van der Waals surface area contributed by atoms with E-state index in [4.69, 9.17) is 10.2 Å². The number of nitrogens with two attached hydrogens (primary N) is 1. The quantitative estimate of drug-likeness (QED) is 0.563. The van der Waals surface area contributed by atoms with Gasteiger partial charge in [-0.15, -0.1) is 0 Å². The van der Waals surface area contributed by atoms with Crippen LogP contribution in [0.3, 0.4) is 0 Å². The highest BCUT2D eigenvalue weighted by molar-refractivity contribution is 5.98. The lowest BCUT2D eigenvalue weighted by Crippen LogP contribution is -2.50. The number of halogens is 1. The van der Waals surface area contributed by atoms with E-state index in [1.165, 1.54) is 25.1 Å². The standard InChI is InChI=1S/C21H20FN3O4/c1-12-24-17(14-9-5-6-10-15(14)22)19(29-12)21(28)25-16(18(26)20(23)27)11-13-7-3-2-4-8-13/h2-10,16,18,26H,11H2,1H3,(H2,23,27)(H,25,28). The van der Waals surface area contributed by atoms with Gasteiger partial charge in [0.15, 0.2) is 12.0 Å². The van der Waals surface area contributed by atoms with Crippen LogP contribution < -0.4 is 11.1 Å². The highest BCUT2D eigenvalue weighted by atomic mass is 19.1. The summed E-state index contributed by atoms with van der Waals surface area (Å²) in [7, 11) is 0. The Morgan fingerprint density at radius 2 is 1.83 bits per heavy atom. The maximum absolute atomic E-state index is 14.2. The van der Waals surface area contributed by atoms with Crippen LogP contribution in [0.2, 0.25) is 0 Å². The molecule has 0 aliphatic rings. The molecule has 2 unspecified atom stereocenters. The van der Waals surface area contributed by atoms with Crippen molar-refractivity contribution >= 4 is 11.8 Å². The molecule has 2 aromatic carbocycles. The molecule has 7 nitrogen and oxygen atoms in total. The summed E-state index contributed by atoms with van der Waals surface area (Å²) in [6.07, 6.45) is -1.47. The summed E-state index contributed by atoms with van der Waals surface area (Å²) in [5.74, 6) is -2.34. The van der Waals surface area contributed by atoms with Crippen molar-refractivity contribution in [2.45, 2.75) is 25.5 Å². The third kappa shape index (κ3) is 4.67. The van der Waals surface area contributed by atoms with Gasteiger partial charge in [0.25, 0.3) is 5.91 Å². The maximum Gasteiger partial charge on any atom is 0.289 e. The largest absolute Gasteiger partial charge is 0.435 e. The molecule has 0 aliphatic carbocycles. The molecular formula is C21H20FN3O4. The maximum atomic E-state index is 14.2. The van der Waals surface area contributed by atoms with Crippen LogP contribution in [-0.2, 0) is 11.2 Å². The summed E-state index contributed by atoms with van der Waals surface area (Å²) >= 11 is 0. The van der Waals surface area contributed by atoms with Gasteiger partial charge in [-0.05, 0) is 24.1 Å². The zero-order valence-electron chi connectivity index (χ0n) is 15.6. The van der Waals surface area contributed by atoms with Crippen LogP contribution in [0, 0.1) is 12.7 Å². The molecule has 0 aliphatic heterocycles. The molecule has 1 heterocycles. The molecule has 29 heavy (non-hydrogen) atoms. The SMILES string of the molecule is Cc1nc(-c2ccccc2F)c(C(=O)NC(Cc2ccccc2)C(O)C(N)=O)o1. The first kappa shape index (κ1) is 20.2. The van der Waals surface area contributed by atoms with E-state index in [2.05, 4.69) is 10.3 Å². The van der Waals surface area contributed by atoms with Crippen molar-refractivity contribution in [2.75, 3.05) is 0 Å². The molecule has 2 amide bonds. The number of primary amides is 1. The first-order valence-electron chi connectivity index (χ1n) is 8.91. The minimum absolute atomic E-state index is 0.0325. The second-order valence-electron chi connectivity index (χ2n) is 6.51. The van der Waals surface area contributed by atoms with Crippen molar-refractivity contribution in [3.63, 3.8) is 0 Å². The van der Waals surface area contributed by atoms with Gasteiger partial charge < -0.3 is 20.6 Å². The second kappa shape index (κ2) is 8.66. The number of rotatable bonds is 7. The molecule has 3 aromatic rings. The molecule has 4 N–H and O–H groups in total. The monoisotopic (exact) mass is 397 g/mol. The van der Waals surface area contributed by atoms with E-state index in [1.54, 1.807) is 30.3 Å². The summed E-state index contributed by atoms with van der Waals surface area (Å²) in [4.78, 5) is 28.5. The van der Waals surface area contributed by atoms with Gasteiger partial charge in [0.2, 0.25) is 11.7 Å². The number of carbonyl (C=O) groups is 2. The molecule has 8 heteroatoms. The average Bonchev–Trinajstić information content (AvgIpc) is 3.09. The van der Waals surface area contributed by atoms with Crippen LogP contribution in [-0.4, -0.2) is 34.1 Å². The summed E-state index contributed by atoms with van der Waals surface area (Å²) in [6, 6.07) is 13.8. The molecule has 0 spiro atoms. The van der Waals surface area contributed by atoms with Crippen LogP contribution in [0.5, 0.6) is 0 Å². The minimum Gasteiger partial charge on any atom is -0.435 e. The number of aliphatic hydroxyl groups excluding tert-OH is 1. The molecule has 0 fully saturated rings. The molecule has 0 saturated carbocycles. The molecule has 1 aromatic heterocycles. The Morgan fingerprint density at radius 1 is 1.17 bits per heavy atom. The van der Waals surface area contributed by atoms with Crippen molar-refractivity contribution in [2.24, 2.45) is 5.73 Å². The number of hydrogen-bond donors (Lipinski definition) is 3. The molecule has 0 bridgehead atoms. The van der Waals surface area contributed by atoms with E-state index in [-0.39, 0.29) is 29.3 Å². The number of benzene rings is 2. The third-order valence-corrected chi connectivity index (χ3v) is 4.36. The highest BCUT2D eigenvalue weighted by Crippen LogP contribution is 2.26. The number of aryl methyl sites for hydroxylation is 1. The van der Waals surface area contributed by atoms with Crippen molar-refractivity contribution in [3.8, 4) is 11.3 Å². The van der Waals surface area contributed by atoms with Gasteiger partial charge in [-0.2, -0.15) is 0 Å². The van der Waals surface area contributed by atoms with Crippen LogP contribution in [0.1, 0.15) is 22.0 Å². The van der Waals surface area contributed by atoms with E-state index in [0.717, 1.165) is 5.56 Å². The first-order valence-corrected chi connectivity index (χ1v) is 8.91. The Labute approximate surface area is 166 Å². The van der Waals surface area contributed by atoms with Crippen LogP contribution in [0.25, 0.3) is 11.3 Å². The van der Waals surface area contributed by atoms with Crippen LogP contribution in [0.15, 0.2) is 59.0 Å². The summed E-state index contributed by atoms with van der Waals surface area (Å²) in [5, 5.41) is 12.7. The predicted octanol–water partition coefficient (Wildman–Crippen LogP) is 1.98. The van der Waals surface area contributed by atoms with Gasteiger partial charge in [0, 0.05) is 12.5 Å². The average molecular weight is 397 g/mol. The Kier molecular flexibility index (Phi) is 6.04. The predicted molar refractivity (Wildman–Crippen MR) is 103 cm³/mol. The van der Waals surface area contributed by atoms with Crippen molar-refractivity contribution in [1.82, 2.24) is 10.3 Å². The van der Waals surface area contributed by atoms with Gasteiger partial charge in [0.1, 0.15) is 11.5 Å². The Balaban J connectivity index is 1.90. The molecule has 0 radical (unpaired) electrons. The third-order valence-electron chi connectivity index (χ3n) is 4.36. The van der Waals surface area contributed by atoms with E-state index >= 15 is 0 Å². The van der Waals surface area contributed by atoms with Crippen molar-refractivity contribution in [3.05, 3.63) is 77.6 Å². The fourth-order valence-corrected chi connectivity index (χ4v) is 2.96. The Morgan fingerprint density at radius 3 is 2.48 bits per heavy atom. The number of aliphatic hydroxyl groups is 1.